The van der Waals surface area contributed by atoms with Crippen LogP contribution in [0.2, 0.25) is 0 Å². The third-order valence-corrected chi connectivity index (χ3v) is 4.89. The van der Waals surface area contributed by atoms with Crippen LogP contribution in [0.5, 0.6) is 0 Å². The SMILES string of the molecule is [C-]#[N+]C(C)(C)c1ccc2c(=O)c3ccc(C)c(N(C)C)c3n(CC(=O)O)c2n1. The van der Waals surface area contributed by atoms with Gasteiger partial charge in [-0.1, -0.05) is 6.07 Å². The second kappa shape index (κ2) is 6.64. The summed E-state index contributed by atoms with van der Waals surface area (Å²) in [5, 5.41) is 10.3. The lowest BCUT2D eigenvalue weighted by Crippen LogP contribution is -2.22. The fourth-order valence-corrected chi connectivity index (χ4v) is 3.47. The molecule has 2 heterocycles. The van der Waals surface area contributed by atoms with Gasteiger partial charge in [0.05, 0.1) is 16.6 Å². The average molecular weight is 378 g/mol. The van der Waals surface area contributed by atoms with E-state index in [-0.39, 0.29) is 17.6 Å². The Hall–Kier alpha value is -3.40. The molecular formula is C21H22N4O3. The number of fused-ring (bicyclic) bond motifs is 2. The maximum absolute atomic E-state index is 13.2. The average Bonchev–Trinajstić information content (AvgIpc) is 2.63. The van der Waals surface area contributed by atoms with Crippen molar-refractivity contribution < 1.29 is 9.90 Å². The molecule has 7 nitrogen and oxygen atoms in total. The number of benzene rings is 1. The van der Waals surface area contributed by atoms with E-state index in [0.29, 0.717) is 22.0 Å². The van der Waals surface area contributed by atoms with E-state index in [1.807, 2.05) is 32.0 Å². The van der Waals surface area contributed by atoms with Crippen LogP contribution in [0.15, 0.2) is 29.1 Å². The minimum atomic E-state index is -1.03. The fourth-order valence-electron chi connectivity index (χ4n) is 3.47. The third-order valence-electron chi connectivity index (χ3n) is 4.89. The van der Waals surface area contributed by atoms with E-state index in [0.717, 1.165) is 11.3 Å². The molecule has 0 spiro atoms. The topological polar surface area (TPSA) is 79.8 Å². The molecule has 2 aromatic heterocycles. The molecule has 1 aromatic carbocycles. The number of anilines is 1. The smallest absolute Gasteiger partial charge is 0.323 e. The van der Waals surface area contributed by atoms with Crippen LogP contribution in [-0.4, -0.2) is 34.7 Å². The van der Waals surface area contributed by atoms with Gasteiger partial charge in [0, 0.05) is 33.3 Å². The van der Waals surface area contributed by atoms with Crippen molar-refractivity contribution in [3.8, 4) is 0 Å². The lowest BCUT2D eigenvalue weighted by atomic mass is 10.00. The highest BCUT2D eigenvalue weighted by Gasteiger charge is 2.29. The number of nitrogens with zero attached hydrogens (tertiary/aromatic N) is 4. The van der Waals surface area contributed by atoms with Gasteiger partial charge in [-0.15, -0.1) is 0 Å². The van der Waals surface area contributed by atoms with Crippen molar-refractivity contribution >= 4 is 33.6 Å². The molecule has 0 aliphatic heterocycles. The zero-order chi connectivity index (χ0) is 20.8. The van der Waals surface area contributed by atoms with E-state index in [2.05, 4.69) is 9.83 Å². The molecule has 0 aliphatic rings. The lowest BCUT2D eigenvalue weighted by molar-refractivity contribution is -0.137. The summed E-state index contributed by atoms with van der Waals surface area (Å²) in [7, 11) is 3.71. The standard InChI is InChI=1S/C21H22N4O3/c1-12-7-8-13-18(17(12)24(5)6)25(11-16(26)27)20-14(19(13)28)9-10-15(23-20)21(2,3)22-4/h7-10H,11H2,1-3,5-6H3,(H,26,27). The highest BCUT2D eigenvalue weighted by Crippen LogP contribution is 2.31. The molecule has 144 valence electrons. The molecule has 0 atom stereocenters. The zero-order valence-corrected chi connectivity index (χ0v) is 16.6. The summed E-state index contributed by atoms with van der Waals surface area (Å²) in [5.41, 5.74) is 1.92. The summed E-state index contributed by atoms with van der Waals surface area (Å²) in [6, 6.07) is 6.90. The maximum Gasteiger partial charge on any atom is 0.323 e. The van der Waals surface area contributed by atoms with Gasteiger partial charge < -0.3 is 19.4 Å². The Morgan fingerprint density at radius 1 is 1.25 bits per heavy atom. The van der Waals surface area contributed by atoms with Gasteiger partial charge in [-0.05, 0) is 30.7 Å². The molecule has 1 N–H and O–H groups in total. The van der Waals surface area contributed by atoms with Crippen LogP contribution in [0.25, 0.3) is 26.8 Å². The summed E-state index contributed by atoms with van der Waals surface area (Å²) in [6.45, 7) is 12.5. The van der Waals surface area contributed by atoms with Crippen LogP contribution >= 0.6 is 0 Å². The summed E-state index contributed by atoms with van der Waals surface area (Å²) in [4.78, 5) is 34.9. The highest BCUT2D eigenvalue weighted by molar-refractivity contribution is 6.00. The Morgan fingerprint density at radius 3 is 2.46 bits per heavy atom. The molecule has 0 saturated carbocycles. The fraction of sp³-hybridized carbons (Fsp3) is 0.333. The van der Waals surface area contributed by atoms with Gasteiger partial charge in [-0.25, -0.2) is 11.6 Å². The van der Waals surface area contributed by atoms with Crippen LogP contribution in [-0.2, 0) is 16.9 Å². The maximum atomic E-state index is 13.2. The van der Waals surface area contributed by atoms with Crippen molar-refractivity contribution in [2.24, 2.45) is 0 Å². The Kier molecular flexibility index (Phi) is 4.59. The van der Waals surface area contributed by atoms with E-state index in [1.165, 1.54) is 0 Å². The van der Waals surface area contributed by atoms with E-state index < -0.39 is 11.5 Å². The third kappa shape index (κ3) is 2.97. The number of aryl methyl sites for hydroxylation is 1. The monoisotopic (exact) mass is 378 g/mol. The van der Waals surface area contributed by atoms with Crippen LogP contribution < -0.4 is 10.3 Å². The first-order valence-corrected chi connectivity index (χ1v) is 8.83. The molecule has 0 bridgehead atoms. The largest absolute Gasteiger partial charge is 0.480 e. The molecule has 0 saturated heterocycles. The summed E-state index contributed by atoms with van der Waals surface area (Å²) >= 11 is 0. The highest BCUT2D eigenvalue weighted by atomic mass is 16.4. The minimum Gasteiger partial charge on any atom is -0.480 e. The summed E-state index contributed by atoms with van der Waals surface area (Å²) < 4.78 is 1.57. The van der Waals surface area contributed by atoms with Crippen molar-refractivity contribution in [1.29, 1.82) is 0 Å². The summed E-state index contributed by atoms with van der Waals surface area (Å²) in [6.07, 6.45) is 0. The Bertz CT molecular complexity index is 1220. The predicted octanol–water partition coefficient (Wildman–Crippen LogP) is 3.16. The minimum absolute atomic E-state index is 0.200. The Morgan fingerprint density at radius 2 is 1.89 bits per heavy atom. The van der Waals surface area contributed by atoms with Gasteiger partial charge in [0.25, 0.3) is 5.54 Å². The van der Waals surface area contributed by atoms with Crippen molar-refractivity contribution in [2.75, 3.05) is 19.0 Å². The number of rotatable bonds is 4. The van der Waals surface area contributed by atoms with Crippen LogP contribution in [0.1, 0.15) is 25.1 Å². The van der Waals surface area contributed by atoms with Crippen LogP contribution in [0.3, 0.4) is 0 Å². The van der Waals surface area contributed by atoms with Gasteiger partial charge in [0.15, 0.2) is 5.43 Å². The zero-order valence-electron chi connectivity index (χ0n) is 16.6. The molecule has 0 fully saturated rings. The number of pyridine rings is 2. The van der Waals surface area contributed by atoms with E-state index >= 15 is 0 Å². The molecule has 0 aliphatic carbocycles. The second-order valence-corrected chi connectivity index (χ2v) is 7.57. The molecule has 28 heavy (non-hydrogen) atoms. The molecule has 0 unspecified atom stereocenters. The first kappa shape index (κ1) is 19.4. The first-order chi connectivity index (χ1) is 13.1. The number of carboxylic acid groups (broad SMARTS) is 1. The number of hydrogen-bond acceptors (Lipinski definition) is 4. The molecule has 3 rings (SSSR count). The van der Waals surface area contributed by atoms with Crippen molar-refractivity contribution in [2.45, 2.75) is 32.9 Å². The van der Waals surface area contributed by atoms with Gasteiger partial charge >= 0.3 is 5.97 Å². The number of carbonyl (C=O) groups is 1. The number of aromatic nitrogens is 2. The van der Waals surface area contributed by atoms with Gasteiger partial charge in [-0.3, -0.25) is 9.59 Å². The van der Waals surface area contributed by atoms with Gasteiger partial charge in [0.2, 0.25) is 0 Å². The van der Waals surface area contributed by atoms with Crippen molar-refractivity contribution in [3.05, 3.63) is 57.2 Å². The van der Waals surface area contributed by atoms with Crippen molar-refractivity contribution in [1.82, 2.24) is 9.55 Å². The number of aliphatic carboxylic acids is 1. The summed E-state index contributed by atoms with van der Waals surface area (Å²) in [5.74, 6) is -1.03. The predicted molar refractivity (Wildman–Crippen MR) is 110 cm³/mol. The van der Waals surface area contributed by atoms with E-state index in [4.69, 9.17) is 6.57 Å². The number of carboxylic acids is 1. The molecular weight excluding hydrogens is 356 g/mol. The quantitative estimate of drug-likeness (QED) is 0.557. The van der Waals surface area contributed by atoms with Gasteiger partial charge in [-0.2, -0.15) is 0 Å². The molecule has 7 heteroatoms. The number of hydrogen-bond donors (Lipinski definition) is 1. The Balaban J connectivity index is 2.61. The second-order valence-electron chi connectivity index (χ2n) is 7.57. The normalized spacial score (nSPS) is 11.6. The van der Waals surface area contributed by atoms with E-state index in [1.54, 1.807) is 36.6 Å². The van der Waals surface area contributed by atoms with Crippen molar-refractivity contribution in [3.63, 3.8) is 0 Å². The molecule has 0 amide bonds. The molecule has 0 radical (unpaired) electrons. The van der Waals surface area contributed by atoms with Gasteiger partial charge in [0.1, 0.15) is 17.9 Å². The Labute approximate surface area is 162 Å². The van der Waals surface area contributed by atoms with Crippen LogP contribution in [0.4, 0.5) is 5.69 Å². The first-order valence-electron chi connectivity index (χ1n) is 8.83. The van der Waals surface area contributed by atoms with E-state index in [9.17, 15) is 14.7 Å². The van der Waals surface area contributed by atoms with Crippen LogP contribution in [0, 0.1) is 13.5 Å². The lowest BCUT2D eigenvalue weighted by Gasteiger charge is -2.22. The molecule has 3 aromatic rings.